The Morgan fingerprint density at radius 3 is 2.48 bits per heavy atom. The highest BCUT2D eigenvalue weighted by Gasteiger charge is 2.68. The molecule has 5 heterocycles. The summed E-state index contributed by atoms with van der Waals surface area (Å²) in [5.74, 6) is -4.07. The number of thiophene rings is 1. The van der Waals surface area contributed by atoms with Crippen LogP contribution in [0.4, 0.5) is 11.5 Å². The maximum atomic E-state index is 15.3. The number of amides is 4. The molecule has 0 radical (unpaired) electrons. The first-order chi connectivity index (χ1) is 29.9. The third-order valence-corrected chi connectivity index (χ3v) is 15.2. The number of anilines is 2. The summed E-state index contributed by atoms with van der Waals surface area (Å²) in [4.78, 5) is 67.4. The first kappa shape index (κ1) is 38.4. The fourth-order valence-electron chi connectivity index (χ4n) is 10.7. The van der Waals surface area contributed by atoms with Crippen molar-refractivity contribution in [3.8, 4) is 33.5 Å². The van der Waals surface area contributed by atoms with Crippen LogP contribution in [0.25, 0.3) is 43.2 Å². The summed E-state index contributed by atoms with van der Waals surface area (Å²) in [5.41, 5.74) is 4.27. The van der Waals surface area contributed by atoms with Crippen molar-refractivity contribution in [2.45, 2.75) is 32.6 Å². The van der Waals surface area contributed by atoms with Crippen LogP contribution in [0, 0.1) is 36.0 Å². The molecule has 0 unspecified atom stereocenters. The molecule has 14 heteroatoms. The SMILES string of the molecule is COc1cc([C@H]2C3=CC[C@@H]4C(=O)N(c5ccc(-c6nc7ccccc7o6)cc5)C(=O)[C@@H]4[C@@H]3C[C@H]3C(=O)N(c4cc(-c5sc6ccc(Cl)cc6c5C)nn4C)C(=O)[C@@]23C)ccc1O. The summed E-state index contributed by atoms with van der Waals surface area (Å²) in [7, 11) is 3.17. The Morgan fingerprint density at radius 1 is 0.919 bits per heavy atom. The largest absolute Gasteiger partial charge is 0.504 e. The number of aryl methyl sites for hydroxylation is 2. The van der Waals surface area contributed by atoms with Gasteiger partial charge in [0.2, 0.25) is 29.5 Å². The number of nitrogens with zero attached hydrogens (tertiary/aromatic N) is 5. The topological polar surface area (TPSA) is 148 Å². The van der Waals surface area contributed by atoms with Crippen LogP contribution in [-0.4, -0.2) is 50.6 Å². The Hall–Kier alpha value is -6.57. The average Bonchev–Trinajstić information content (AvgIpc) is 4.05. The second-order valence-corrected chi connectivity index (χ2v) is 18.3. The van der Waals surface area contributed by atoms with E-state index in [1.807, 2.05) is 62.4 Å². The van der Waals surface area contributed by atoms with Crippen molar-refractivity contribution < 1.29 is 33.4 Å². The number of hydrogen-bond acceptors (Lipinski definition) is 10. The molecule has 1 saturated carbocycles. The zero-order valence-electron chi connectivity index (χ0n) is 34.0. The van der Waals surface area contributed by atoms with Crippen LogP contribution in [0.5, 0.6) is 11.5 Å². The number of aromatic hydroxyl groups is 1. The van der Waals surface area contributed by atoms with E-state index in [2.05, 4.69) is 4.98 Å². The van der Waals surface area contributed by atoms with Crippen molar-refractivity contribution in [2.75, 3.05) is 16.9 Å². The van der Waals surface area contributed by atoms with Crippen LogP contribution < -0.4 is 14.5 Å². The van der Waals surface area contributed by atoms with Gasteiger partial charge in [-0.25, -0.2) is 9.88 Å². The number of phenolic OH excluding ortho intramolecular Hbond substituents is 1. The molecule has 4 aromatic carbocycles. The number of oxazole rings is 1. The van der Waals surface area contributed by atoms with E-state index in [1.54, 1.807) is 65.5 Å². The minimum absolute atomic E-state index is 0.0750. The molecule has 7 aromatic rings. The molecule has 4 aliphatic rings. The van der Waals surface area contributed by atoms with Gasteiger partial charge in [0, 0.05) is 34.3 Å². The Morgan fingerprint density at radius 2 is 1.71 bits per heavy atom. The molecule has 6 atom stereocenters. The molecule has 2 aliphatic carbocycles. The van der Waals surface area contributed by atoms with E-state index in [0.29, 0.717) is 44.8 Å². The summed E-state index contributed by atoms with van der Waals surface area (Å²) in [6.45, 7) is 3.83. The fourth-order valence-corrected chi connectivity index (χ4v) is 12.0. The minimum atomic E-state index is -1.31. The fraction of sp³-hybridized carbons (Fsp3) is 0.250. The number of para-hydroxylation sites is 2. The van der Waals surface area contributed by atoms with Gasteiger partial charge in [0.1, 0.15) is 17.0 Å². The third-order valence-electron chi connectivity index (χ3n) is 13.7. The molecule has 0 spiro atoms. The van der Waals surface area contributed by atoms with Gasteiger partial charge in [-0.05, 0) is 116 Å². The van der Waals surface area contributed by atoms with Gasteiger partial charge in [-0.2, -0.15) is 5.10 Å². The summed E-state index contributed by atoms with van der Waals surface area (Å²) < 4.78 is 14.1. The maximum absolute atomic E-state index is 15.3. The van der Waals surface area contributed by atoms with E-state index in [9.17, 15) is 14.7 Å². The van der Waals surface area contributed by atoms with Crippen LogP contribution in [-0.2, 0) is 26.2 Å². The van der Waals surface area contributed by atoms with E-state index in [1.165, 1.54) is 23.0 Å². The average molecular weight is 864 g/mol. The van der Waals surface area contributed by atoms with Crippen LogP contribution in [0.15, 0.2) is 107 Å². The number of ether oxygens (including phenoxy) is 1. The molecular weight excluding hydrogens is 826 g/mol. The predicted molar refractivity (Wildman–Crippen MR) is 235 cm³/mol. The number of carbonyl (C=O) groups excluding carboxylic acids is 4. The molecule has 0 bridgehead atoms. The molecule has 310 valence electrons. The standard InChI is InChI=1S/C48H38ClN5O7S/c1-23-30-20-26(49)12-18-38(30)62-42(23)34-22-39(52(3)51-34)54-45(57)32-21-31-28(41(48(32,2)47(54)59)25-11-17-35(55)37(19-25)60-4)15-16-29-40(31)46(58)53(44(29)56)27-13-9-24(10-14-27)43-50-33-7-5-6-8-36(33)61-43/h5-15,17-20,22,29,31-32,40-41,55H,16,21H2,1-4H3/t29-,31+,32-,40-,41-,48+/m0/s1. The Bertz CT molecular complexity index is 3100. The molecule has 2 saturated heterocycles. The van der Waals surface area contributed by atoms with Crippen LogP contribution >= 0.6 is 22.9 Å². The van der Waals surface area contributed by atoms with E-state index >= 15 is 9.59 Å². The first-order valence-electron chi connectivity index (χ1n) is 20.4. The molecule has 12 nitrogen and oxygen atoms in total. The zero-order chi connectivity index (χ0) is 42.9. The number of carbonyl (C=O) groups is 4. The molecule has 1 N–H and O–H groups in total. The molecule has 11 rings (SSSR count). The number of imide groups is 2. The number of fused-ring (bicyclic) bond motifs is 6. The van der Waals surface area contributed by atoms with Crippen LogP contribution in [0.1, 0.15) is 36.8 Å². The molecular formula is C48H38ClN5O7S. The van der Waals surface area contributed by atoms with Crippen LogP contribution in [0.2, 0.25) is 5.02 Å². The number of benzene rings is 4. The van der Waals surface area contributed by atoms with Crippen molar-refractivity contribution in [1.82, 2.24) is 14.8 Å². The van der Waals surface area contributed by atoms with Gasteiger partial charge in [-0.3, -0.25) is 28.8 Å². The van der Waals surface area contributed by atoms with Crippen LogP contribution in [0.3, 0.4) is 0 Å². The lowest BCUT2D eigenvalue weighted by Crippen LogP contribution is -2.48. The summed E-state index contributed by atoms with van der Waals surface area (Å²) in [5, 5.41) is 17.1. The number of hydrogen-bond donors (Lipinski definition) is 1. The van der Waals surface area contributed by atoms with Gasteiger partial charge in [-0.15, -0.1) is 11.3 Å². The molecule has 3 fully saturated rings. The van der Waals surface area contributed by atoms with Gasteiger partial charge >= 0.3 is 0 Å². The van der Waals surface area contributed by atoms with E-state index < -0.39 is 46.8 Å². The second-order valence-electron chi connectivity index (χ2n) is 16.8. The molecule has 3 aromatic heterocycles. The summed E-state index contributed by atoms with van der Waals surface area (Å²) in [6, 6.07) is 27.0. The zero-order valence-corrected chi connectivity index (χ0v) is 35.5. The smallest absolute Gasteiger partial charge is 0.242 e. The third kappa shape index (κ3) is 5.37. The summed E-state index contributed by atoms with van der Waals surface area (Å²) in [6.07, 6.45) is 2.46. The van der Waals surface area contributed by atoms with Crippen molar-refractivity contribution in [1.29, 1.82) is 0 Å². The number of allylic oxidation sites excluding steroid dienone is 2. The lowest BCUT2D eigenvalue weighted by molar-refractivity contribution is -0.131. The normalized spacial score (nSPS) is 24.5. The Kier molecular flexibility index (Phi) is 8.49. The number of phenols is 1. The van der Waals surface area contributed by atoms with Gasteiger partial charge in [-0.1, -0.05) is 41.4 Å². The lowest BCUT2D eigenvalue weighted by atomic mass is 9.51. The highest BCUT2D eigenvalue weighted by atomic mass is 35.5. The van der Waals surface area contributed by atoms with Crippen molar-refractivity contribution in [3.63, 3.8) is 0 Å². The Labute approximate surface area is 364 Å². The maximum Gasteiger partial charge on any atom is 0.242 e. The number of halogens is 1. The highest BCUT2D eigenvalue weighted by Crippen LogP contribution is 2.64. The van der Waals surface area contributed by atoms with Gasteiger partial charge in [0.25, 0.3) is 0 Å². The first-order valence-corrected chi connectivity index (χ1v) is 21.6. The number of aromatic nitrogens is 3. The number of methoxy groups -OCH3 is 1. The van der Waals surface area contributed by atoms with Crippen molar-refractivity contribution in [3.05, 3.63) is 119 Å². The quantitative estimate of drug-likeness (QED) is 0.128. The monoisotopic (exact) mass is 863 g/mol. The van der Waals surface area contributed by atoms with Gasteiger partial charge in [0.15, 0.2) is 17.1 Å². The second kappa shape index (κ2) is 13.7. The van der Waals surface area contributed by atoms with Crippen molar-refractivity contribution >= 4 is 79.3 Å². The highest BCUT2D eigenvalue weighted by molar-refractivity contribution is 7.22. The molecule has 62 heavy (non-hydrogen) atoms. The van der Waals surface area contributed by atoms with E-state index in [-0.39, 0.29) is 36.2 Å². The van der Waals surface area contributed by atoms with E-state index in [4.69, 9.17) is 25.9 Å². The van der Waals surface area contributed by atoms with E-state index in [0.717, 1.165) is 31.6 Å². The van der Waals surface area contributed by atoms with Crippen molar-refractivity contribution in [2.24, 2.45) is 36.1 Å². The molecule has 4 amide bonds. The number of rotatable bonds is 6. The lowest BCUT2D eigenvalue weighted by Gasteiger charge is -2.49. The Balaban J connectivity index is 0.973. The molecule has 2 aliphatic heterocycles. The van der Waals surface area contributed by atoms with Gasteiger partial charge < -0.3 is 14.3 Å². The predicted octanol–water partition coefficient (Wildman–Crippen LogP) is 9.22. The minimum Gasteiger partial charge on any atom is -0.504 e. The summed E-state index contributed by atoms with van der Waals surface area (Å²) >= 11 is 7.91. The van der Waals surface area contributed by atoms with Gasteiger partial charge in [0.05, 0.1) is 40.8 Å².